The highest BCUT2D eigenvalue weighted by Gasteiger charge is 2.42. The van der Waals surface area contributed by atoms with Crippen molar-refractivity contribution in [3.8, 4) is 11.8 Å². The van der Waals surface area contributed by atoms with Crippen LogP contribution in [0.5, 0.6) is 5.75 Å². The molecule has 0 bridgehead atoms. The van der Waals surface area contributed by atoms with E-state index in [1.807, 2.05) is 0 Å². The number of aliphatic carboxylic acids is 1. The van der Waals surface area contributed by atoms with E-state index in [0.29, 0.717) is 0 Å². The van der Waals surface area contributed by atoms with Crippen molar-refractivity contribution >= 4 is 12.1 Å². The van der Waals surface area contributed by atoms with Crippen molar-refractivity contribution in [3.05, 3.63) is 29.6 Å². The van der Waals surface area contributed by atoms with E-state index in [2.05, 4.69) is 0 Å². The van der Waals surface area contributed by atoms with Gasteiger partial charge in [0.15, 0.2) is 0 Å². The zero-order chi connectivity index (χ0) is 18.8. The van der Waals surface area contributed by atoms with Gasteiger partial charge >= 0.3 is 12.1 Å². The maximum absolute atomic E-state index is 13.6. The van der Waals surface area contributed by atoms with Crippen LogP contribution in [0.1, 0.15) is 32.8 Å². The molecule has 7 nitrogen and oxygen atoms in total. The van der Waals surface area contributed by atoms with Crippen molar-refractivity contribution < 1.29 is 28.6 Å². The normalized spacial score (nSPS) is 20.0. The number of nitrogens with zero attached hydrogens (tertiary/aromatic N) is 2. The molecule has 1 amide bonds. The SMILES string of the molecule is CC(C)(C)OC(=O)N1C[C@@H](Oc2ccc(C#N)c(F)c2)C[C@H]1C(=O)O. The van der Waals surface area contributed by atoms with Crippen molar-refractivity contribution in [2.45, 2.75) is 44.9 Å². The van der Waals surface area contributed by atoms with Gasteiger partial charge in [-0.25, -0.2) is 14.0 Å². The number of carboxylic acids is 1. The predicted molar refractivity (Wildman–Crippen MR) is 84.5 cm³/mol. The zero-order valence-corrected chi connectivity index (χ0v) is 14.2. The lowest BCUT2D eigenvalue weighted by Crippen LogP contribution is -2.43. The van der Waals surface area contributed by atoms with E-state index in [-0.39, 0.29) is 24.3 Å². The average Bonchev–Trinajstić information content (AvgIpc) is 2.90. The summed E-state index contributed by atoms with van der Waals surface area (Å²) in [5.74, 6) is -1.73. The third-order valence-electron chi connectivity index (χ3n) is 3.54. The van der Waals surface area contributed by atoms with Gasteiger partial charge < -0.3 is 14.6 Å². The topological polar surface area (TPSA) is 99.9 Å². The molecular formula is C17H19FN2O5. The lowest BCUT2D eigenvalue weighted by Gasteiger charge is -2.26. The Bertz CT molecular complexity index is 723. The number of halogens is 1. The number of hydrogen-bond donors (Lipinski definition) is 1. The molecule has 1 aliphatic rings. The summed E-state index contributed by atoms with van der Waals surface area (Å²) in [6, 6.07) is 4.39. The third kappa shape index (κ3) is 4.59. The molecule has 2 rings (SSSR count). The summed E-state index contributed by atoms with van der Waals surface area (Å²) in [6.07, 6.45) is -1.31. The minimum absolute atomic E-state index is 0.00744. The average molecular weight is 350 g/mol. The monoisotopic (exact) mass is 350 g/mol. The molecule has 1 fully saturated rings. The highest BCUT2D eigenvalue weighted by molar-refractivity contribution is 5.81. The number of nitriles is 1. The van der Waals surface area contributed by atoms with Crippen LogP contribution in [0.15, 0.2) is 18.2 Å². The summed E-state index contributed by atoms with van der Waals surface area (Å²) >= 11 is 0. The van der Waals surface area contributed by atoms with Gasteiger partial charge in [0, 0.05) is 12.5 Å². The lowest BCUT2D eigenvalue weighted by molar-refractivity contribution is -0.142. The van der Waals surface area contributed by atoms with Crippen molar-refractivity contribution in [1.82, 2.24) is 4.90 Å². The first-order chi connectivity index (χ1) is 11.6. The molecule has 25 heavy (non-hydrogen) atoms. The van der Waals surface area contributed by atoms with Crippen LogP contribution in [-0.2, 0) is 9.53 Å². The number of rotatable bonds is 3. The van der Waals surface area contributed by atoms with Gasteiger partial charge in [0.05, 0.1) is 12.1 Å². The Morgan fingerprint density at radius 2 is 2.08 bits per heavy atom. The van der Waals surface area contributed by atoms with Gasteiger partial charge in [0.2, 0.25) is 0 Å². The molecule has 1 heterocycles. The lowest BCUT2D eigenvalue weighted by atomic mass is 10.2. The molecule has 0 aromatic heterocycles. The minimum atomic E-state index is -1.16. The second-order valence-corrected chi connectivity index (χ2v) is 6.72. The molecule has 134 valence electrons. The van der Waals surface area contributed by atoms with Crippen LogP contribution in [-0.4, -0.2) is 46.4 Å². The highest BCUT2D eigenvalue weighted by Crippen LogP contribution is 2.26. The van der Waals surface area contributed by atoms with Crippen LogP contribution in [0.3, 0.4) is 0 Å². The number of carbonyl (C=O) groups excluding carboxylic acids is 1. The number of ether oxygens (including phenoxy) is 2. The summed E-state index contributed by atoms with van der Waals surface area (Å²) in [4.78, 5) is 24.7. The standard InChI is InChI=1S/C17H19FN2O5/c1-17(2,3)25-16(23)20-9-12(7-14(20)15(21)22)24-11-5-4-10(8-19)13(18)6-11/h4-6,12,14H,7,9H2,1-3H3,(H,21,22)/t12-,14-/m0/s1. The van der Waals surface area contributed by atoms with E-state index in [4.69, 9.17) is 14.7 Å². The molecule has 1 saturated heterocycles. The number of hydrogen-bond acceptors (Lipinski definition) is 5. The van der Waals surface area contributed by atoms with Crippen LogP contribution in [0.25, 0.3) is 0 Å². The second kappa shape index (κ2) is 6.97. The molecule has 0 unspecified atom stereocenters. The molecule has 0 saturated carbocycles. The van der Waals surface area contributed by atoms with Gasteiger partial charge in [-0.3, -0.25) is 4.90 Å². The van der Waals surface area contributed by atoms with Gasteiger partial charge in [-0.05, 0) is 32.9 Å². The van der Waals surface area contributed by atoms with Crippen LogP contribution in [0.4, 0.5) is 9.18 Å². The van der Waals surface area contributed by atoms with E-state index in [0.717, 1.165) is 11.0 Å². The third-order valence-corrected chi connectivity index (χ3v) is 3.54. The molecule has 1 aliphatic heterocycles. The van der Waals surface area contributed by atoms with Gasteiger partial charge in [0.25, 0.3) is 0 Å². The number of likely N-dealkylation sites (tertiary alicyclic amines) is 1. The summed E-state index contributed by atoms with van der Waals surface area (Å²) in [5, 5.41) is 18.0. The fourth-order valence-electron chi connectivity index (χ4n) is 2.49. The Morgan fingerprint density at radius 1 is 1.40 bits per heavy atom. The van der Waals surface area contributed by atoms with Crippen molar-refractivity contribution in [2.24, 2.45) is 0 Å². The first-order valence-corrected chi connectivity index (χ1v) is 7.69. The smallest absolute Gasteiger partial charge is 0.411 e. The molecule has 0 radical (unpaired) electrons. The summed E-state index contributed by atoms with van der Waals surface area (Å²) in [5.41, 5.74) is -0.868. The molecule has 1 aromatic rings. The molecule has 1 N–H and O–H groups in total. The minimum Gasteiger partial charge on any atom is -0.488 e. The summed E-state index contributed by atoms with van der Waals surface area (Å²) in [6.45, 7) is 5.06. The Balaban J connectivity index is 2.11. The van der Waals surface area contributed by atoms with E-state index < -0.39 is 35.6 Å². The van der Waals surface area contributed by atoms with Crippen molar-refractivity contribution in [2.75, 3.05) is 6.54 Å². The highest BCUT2D eigenvalue weighted by atomic mass is 19.1. The quantitative estimate of drug-likeness (QED) is 0.899. The van der Waals surface area contributed by atoms with Crippen molar-refractivity contribution in [3.63, 3.8) is 0 Å². The van der Waals surface area contributed by atoms with Gasteiger partial charge in [-0.15, -0.1) is 0 Å². The van der Waals surface area contributed by atoms with Crippen molar-refractivity contribution in [1.29, 1.82) is 5.26 Å². The molecule has 2 atom stereocenters. The number of carboxylic acid groups (broad SMARTS) is 1. The largest absolute Gasteiger partial charge is 0.488 e. The van der Waals surface area contributed by atoms with Gasteiger partial charge in [-0.1, -0.05) is 0 Å². The molecule has 0 spiro atoms. The van der Waals surface area contributed by atoms with E-state index in [1.54, 1.807) is 26.8 Å². The summed E-state index contributed by atoms with van der Waals surface area (Å²) in [7, 11) is 0. The fourth-order valence-corrected chi connectivity index (χ4v) is 2.49. The zero-order valence-electron chi connectivity index (χ0n) is 14.2. The Hall–Kier alpha value is -2.82. The maximum atomic E-state index is 13.6. The molecular weight excluding hydrogens is 331 g/mol. The van der Waals surface area contributed by atoms with Gasteiger partial charge in [0.1, 0.15) is 35.4 Å². The van der Waals surface area contributed by atoms with Crippen LogP contribution in [0, 0.1) is 17.1 Å². The van der Waals surface area contributed by atoms with Crippen LogP contribution in [0.2, 0.25) is 0 Å². The first kappa shape index (κ1) is 18.5. The van der Waals surface area contributed by atoms with E-state index >= 15 is 0 Å². The second-order valence-electron chi connectivity index (χ2n) is 6.72. The van der Waals surface area contributed by atoms with E-state index in [1.165, 1.54) is 12.1 Å². The Morgan fingerprint density at radius 3 is 2.60 bits per heavy atom. The maximum Gasteiger partial charge on any atom is 0.411 e. The molecule has 0 aliphatic carbocycles. The van der Waals surface area contributed by atoms with Crippen LogP contribution >= 0.6 is 0 Å². The predicted octanol–water partition coefficient (Wildman–Crippen LogP) is 2.54. The number of benzene rings is 1. The van der Waals surface area contributed by atoms with Gasteiger partial charge in [-0.2, -0.15) is 5.26 Å². The number of amides is 1. The number of carbonyl (C=O) groups is 2. The Kier molecular flexibility index (Phi) is 5.16. The molecule has 8 heteroatoms. The summed E-state index contributed by atoms with van der Waals surface area (Å²) < 4.78 is 24.4. The Labute approximate surface area is 144 Å². The molecule has 1 aromatic carbocycles. The van der Waals surface area contributed by atoms with Crippen LogP contribution < -0.4 is 4.74 Å². The fraction of sp³-hybridized carbons (Fsp3) is 0.471. The first-order valence-electron chi connectivity index (χ1n) is 7.69. The van der Waals surface area contributed by atoms with E-state index in [9.17, 15) is 19.1 Å².